The molecule has 0 atom stereocenters. The predicted molar refractivity (Wildman–Crippen MR) is 206 cm³/mol. The van der Waals surface area contributed by atoms with Crippen LogP contribution in [0.1, 0.15) is 61.1 Å². The van der Waals surface area contributed by atoms with E-state index in [1.807, 2.05) is 6.08 Å². The average Bonchev–Trinajstić information content (AvgIpc) is 3.46. The van der Waals surface area contributed by atoms with Crippen molar-refractivity contribution in [2.75, 3.05) is 9.80 Å². The van der Waals surface area contributed by atoms with E-state index in [2.05, 4.69) is 171 Å². The quantitative estimate of drug-likeness (QED) is 0.184. The molecule has 0 radical (unpaired) electrons. The zero-order chi connectivity index (χ0) is 32.9. The molecule has 0 amide bonds. The minimum absolute atomic E-state index is 0.915. The minimum Gasteiger partial charge on any atom is -0.309 e. The summed E-state index contributed by atoms with van der Waals surface area (Å²) in [6.07, 6.45) is 8.33. The van der Waals surface area contributed by atoms with Crippen LogP contribution in [0.2, 0.25) is 0 Å². The molecule has 2 nitrogen and oxygen atoms in total. The summed E-state index contributed by atoms with van der Waals surface area (Å²) in [5.74, 6) is 0. The lowest BCUT2D eigenvalue weighted by Crippen LogP contribution is -2.17. The van der Waals surface area contributed by atoms with E-state index in [-0.39, 0.29) is 0 Å². The lowest BCUT2D eigenvalue weighted by Gasteiger charge is -2.28. The Kier molecular flexibility index (Phi) is 7.37. The smallest absolute Gasteiger partial charge is 0.0537 e. The van der Waals surface area contributed by atoms with Gasteiger partial charge in [-0.2, -0.15) is 0 Å². The minimum atomic E-state index is 0.915. The predicted octanol–water partition coefficient (Wildman–Crippen LogP) is 12.6. The maximum Gasteiger partial charge on any atom is 0.0537 e. The highest BCUT2D eigenvalue weighted by atomic mass is 15.2. The van der Waals surface area contributed by atoms with Gasteiger partial charge < -0.3 is 9.80 Å². The van der Waals surface area contributed by atoms with Gasteiger partial charge in [0.05, 0.1) is 22.7 Å². The van der Waals surface area contributed by atoms with Crippen molar-refractivity contribution >= 4 is 50.7 Å². The number of para-hydroxylation sites is 4. The van der Waals surface area contributed by atoms with Crippen molar-refractivity contribution < 1.29 is 0 Å². The summed E-state index contributed by atoms with van der Waals surface area (Å²) in [5.41, 5.74) is 21.7. The van der Waals surface area contributed by atoms with Crippen LogP contribution in [0.15, 0.2) is 151 Å². The number of rotatable bonds is 4. The van der Waals surface area contributed by atoms with Crippen molar-refractivity contribution in [2.24, 2.45) is 0 Å². The molecule has 2 aliphatic heterocycles. The van der Waals surface area contributed by atoms with Crippen LogP contribution < -0.4 is 9.80 Å². The van der Waals surface area contributed by atoms with Crippen molar-refractivity contribution in [3.8, 4) is 0 Å². The van der Waals surface area contributed by atoms with Gasteiger partial charge in [0.25, 0.3) is 0 Å². The Bertz CT molecular complexity index is 2140. The molecular weight excluding hydrogens is 581 g/mol. The van der Waals surface area contributed by atoms with Gasteiger partial charge >= 0.3 is 0 Å². The van der Waals surface area contributed by atoms with Crippen LogP contribution in [0.5, 0.6) is 0 Å². The highest BCUT2D eigenvalue weighted by Crippen LogP contribution is 2.49. The van der Waals surface area contributed by atoms with E-state index in [0.29, 0.717) is 0 Å². The molecule has 0 fully saturated rings. The summed E-state index contributed by atoms with van der Waals surface area (Å²) < 4.78 is 0. The Balaban J connectivity index is 1.20. The van der Waals surface area contributed by atoms with Gasteiger partial charge in [-0.3, -0.25) is 0 Å². The molecule has 0 saturated heterocycles. The number of benzene rings is 5. The van der Waals surface area contributed by atoms with E-state index in [1.54, 1.807) is 0 Å². The first-order valence-corrected chi connectivity index (χ1v) is 16.9. The van der Waals surface area contributed by atoms with E-state index in [4.69, 9.17) is 0 Å². The van der Waals surface area contributed by atoms with Crippen molar-refractivity contribution in [1.82, 2.24) is 0 Å². The molecule has 8 rings (SSSR count). The lowest BCUT2D eigenvalue weighted by molar-refractivity contribution is 1.13. The average molecular weight is 621 g/mol. The second-order valence-corrected chi connectivity index (χ2v) is 13.2. The normalized spacial score (nSPS) is 16.2. The van der Waals surface area contributed by atoms with Gasteiger partial charge in [-0.05, 0) is 123 Å². The zero-order valence-corrected chi connectivity index (χ0v) is 28.2. The van der Waals surface area contributed by atoms with E-state index in [1.165, 1.54) is 89.7 Å². The first-order valence-electron chi connectivity index (χ1n) is 16.9. The maximum absolute atomic E-state index is 4.14. The number of allylic oxidation sites excluding steroid dienone is 8. The van der Waals surface area contributed by atoms with E-state index < -0.39 is 0 Å². The van der Waals surface area contributed by atoms with Gasteiger partial charge in [0.2, 0.25) is 0 Å². The largest absolute Gasteiger partial charge is 0.309 e. The number of fused-ring (bicyclic) bond motifs is 5. The summed E-state index contributed by atoms with van der Waals surface area (Å²) >= 11 is 0. The third-order valence-electron chi connectivity index (χ3n) is 10.5. The molecule has 0 unspecified atom stereocenters. The molecule has 0 spiro atoms. The Morgan fingerprint density at radius 1 is 0.542 bits per heavy atom. The van der Waals surface area contributed by atoms with Crippen LogP contribution in [0.3, 0.4) is 0 Å². The lowest BCUT2D eigenvalue weighted by atomic mass is 9.97. The van der Waals surface area contributed by atoms with Crippen LogP contribution in [-0.2, 0) is 12.8 Å². The monoisotopic (exact) mass is 620 g/mol. The molecule has 0 saturated carbocycles. The van der Waals surface area contributed by atoms with Crippen LogP contribution in [-0.4, -0.2) is 0 Å². The molecule has 234 valence electrons. The molecular formula is C46H40N2. The fraction of sp³-hybridized carbons (Fsp3) is 0.130. The highest BCUT2D eigenvalue weighted by molar-refractivity contribution is 6.03. The van der Waals surface area contributed by atoms with Crippen molar-refractivity contribution in [1.29, 1.82) is 0 Å². The van der Waals surface area contributed by atoms with Gasteiger partial charge in [-0.25, -0.2) is 0 Å². The number of hydrogen-bond donors (Lipinski definition) is 0. The molecule has 5 aromatic rings. The number of anilines is 5. The van der Waals surface area contributed by atoms with Crippen molar-refractivity contribution in [2.45, 2.75) is 40.5 Å². The van der Waals surface area contributed by atoms with E-state index in [9.17, 15) is 0 Å². The number of nitrogens with zero attached hydrogens (tertiary/aromatic N) is 2. The molecule has 0 aromatic heterocycles. The topological polar surface area (TPSA) is 6.48 Å². The first kappa shape index (κ1) is 29.8. The Morgan fingerprint density at radius 2 is 0.979 bits per heavy atom. The molecule has 0 bridgehead atoms. The third kappa shape index (κ3) is 4.79. The Labute approximate surface area is 285 Å². The Morgan fingerprint density at radius 3 is 1.48 bits per heavy atom. The van der Waals surface area contributed by atoms with E-state index in [0.717, 1.165) is 18.5 Å². The summed E-state index contributed by atoms with van der Waals surface area (Å²) in [5, 5.41) is 0. The fourth-order valence-corrected chi connectivity index (χ4v) is 7.83. The SMILES string of the molecule is C=C/C=C(\C=C1/Cc2ccc(N3c4ccccc4C(C)=C(C)c4ccccc43)cc2C1)N1c2ccccc2C(C)=C(C)c2ccccc21. The molecule has 1 aliphatic carbocycles. The fourth-order valence-electron chi connectivity index (χ4n) is 7.83. The molecule has 3 aliphatic rings. The molecule has 0 N–H and O–H groups in total. The maximum atomic E-state index is 4.14. The zero-order valence-electron chi connectivity index (χ0n) is 28.2. The third-order valence-corrected chi connectivity index (χ3v) is 10.5. The van der Waals surface area contributed by atoms with Crippen molar-refractivity contribution in [3.63, 3.8) is 0 Å². The summed E-state index contributed by atoms with van der Waals surface area (Å²) in [7, 11) is 0. The highest BCUT2D eigenvalue weighted by Gasteiger charge is 2.28. The Hall–Kier alpha value is -5.60. The van der Waals surface area contributed by atoms with Crippen LogP contribution in [0, 0.1) is 0 Å². The van der Waals surface area contributed by atoms with Gasteiger partial charge in [-0.15, -0.1) is 0 Å². The molecule has 2 heteroatoms. The summed E-state index contributed by atoms with van der Waals surface area (Å²) in [6.45, 7) is 13.1. The van der Waals surface area contributed by atoms with E-state index >= 15 is 0 Å². The molecule has 48 heavy (non-hydrogen) atoms. The second kappa shape index (κ2) is 11.9. The standard InChI is InChI=1S/C46H40N2/c1-6-15-37(47-43-20-11-7-16-39(43)30(2)31(3)40-17-8-12-21-44(40)47)28-34-26-35-24-25-38(29-36(35)27-34)48-45-22-13-9-18-41(45)32(4)33(5)42-19-10-14-23-46(42)48/h6-25,28-29H,1,26-27H2,2-5H3/b34-28+,37-15+. The van der Waals surface area contributed by atoms with Crippen LogP contribution in [0.4, 0.5) is 28.4 Å². The molecule has 5 aromatic carbocycles. The number of hydrogen-bond acceptors (Lipinski definition) is 2. The van der Waals surface area contributed by atoms with Gasteiger partial charge in [-0.1, -0.05) is 97.1 Å². The van der Waals surface area contributed by atoms with Gasteiger partial charge in [0.1, 0.15) is 0 Å². The van der Waals surface area contributed by atoms with Crippen LogP contribution in [0.25, 0.3) is 22.3 Å². The summed E-state index contributed by atoms with van der Waals surface area (Å²) in [4.78, 5) is 4.88. The first-order chi connectivity index (χ1) is 23.4. The van der Waals surface area contributed by atoms with Gasteiger partial charge in [0.15, 0.2) is 0 Å². The second-order valence-electron chi connectivity index (χ2n) is 13.2. The molecule has 2 heterocycles. The van der Waals surface area contributed by atoms with Crippen molar-refractivity contribution in [3.05, 3.63) is 185 Å². The summed E-state index contributed by atoms with van der Waals surface area (Å²) in [6, 6.07) is 42.3. The van der Waals surface area contributed by atoms with Crippen LogP contribution >= 0.6 is 0 Å². The van der Waals surface area contributed by atoms with Gasteiger partial charge in [0, 0.05) is 33.6 Å².